The van der Waals surface area contributed by atoms with Gasteiger partial charge in [-0.15, -0.1) is 0 Å². The van der Waals surface area contributed by atoms with Crippen molar-refractivity contribution in [3.8, 4) is 6.07 Å². The maximum absolute atomic E-state index is 13.2. The standard InChI is InChI=1S/C9H7FINO2/c10-5-2-1-3-6(11)8(5)9(14)7(13)4-12/h1-3,7,9,13-14H. The van der Waals surface area contributed by atoms with Crippen molar-refractivity contribution >= 4 is 22.6 Å². The van der Waals surface area contributed by atoms with E-state index in [-0.39, 0.29) is 5.56 Å². The Balaban J connectivity index is 3.13. The van der Waals surface area contributed by atoms with Crippen molar-refractivity contribution < 1.29 is 14.6 Å². The van der Waals surface area contributed by atoms with Crippen LogP contribution in [0.4, 0.5) is 4.39 Å². The van der Waals surface area contributed by atoms with Crippen LogP contribution in [0.25, 0.3) is 0 Å². The molecule has 0 aliphatic carbocycles. The summed E-state index contributed by atoms with van der Waals surface area (Å²) in [6, 6.07) is 5.71. The zero-order valence-electron chi connectivity index (χ0n) is 6.98. The quantitative estimate of drug-likeness (QED) is 0.640. The number of halogens is 2. The lowest BCUT2D eigenvalue weighted by Crippen LogP contribution is -2.18. The molecule has 0 radical (unpaired) electrons. The van der Waals surface area contributed by atoms with Crippen molar-refractivity contribution in [2.75, 3.05) is 0 Å². The summed E-state index contributed by atoms with van der Waals surface area (Å²) in [5, 5.41) is 26.8. The molecule has 74 valence electrons. The van der Waals surface area contributed by atoms with E-state index < -0.39 is 18.0 Å². The fraction of sp³-hybridized carbons (Fsp3) is 0.222. The molecule has 3 nitrogen and oxygen atoms in total. The van der Waals surface area contributed by atoms with Gasteiger partial charge in [0.25, 0.3) is 0 Å². The number of nitrogens with zero attached hydrogens (tertiary/aromatic N) is 1. The second-order valence-corrected chi connectivity index (χ2v) is 3.82. The molecule has 0 aromatic heterocycles. The highest BCUT2D eigenvalue weighted by Crippen LogP contribution is 2.25. The minimum atomic E-state index is -1.61. The highest BCUT2D eigenvalue weighted by atomic mass is 127. The summed E-state index contributed by atoms with van der Waals surface area (Å²) in [5.74, 6) is -0.626. The Morgan fingerprint density at radius 2 is 2.07 bits per heavy atom. The molecule has 0 saturated heterocycles. The van der Waals surface area contributed by atoms with Crippen LogP contribution in [0.5, 0.6) is 0 Å². The summed E-state index contributed by atoms with van der Waals surface area (Å²) in [6.45, 7) is 0. The van der Waals surface area contributed by atoms with Gasteiger partial charge in [0.05, 0.1) is 6.07 Å². The molecule has 1 rings (SSSR count). The first-order chi connectivity index (χ1) is 6.57. The molecule has 2 atom stereocenters. The fourth-order valence-electron chi connectivity index (χ4n) is 1.02. The van der Waals surface area contributed by atoms with E-state index in [1.807, 2.05) is 22.6 Å². The van der Waals surface area contributed by atoms with Crippen molar-refractivity contribution in [3.63, 3.8) is 0 Å². The number of benzene rings is 1. The molecular weight excluding hydrogens is 300 g/mol. The normalized spacial score (nSPS) is 14.5. The Morgan fingerprint density at radius 3 is 2.57 bits per heavy atom. The average molecular weight is 307 g/mol. The minimum Gasteiger partial charge on any atom is -0.384 e. The molecule has 0 bridgehead atoms. The van der Waals surface area contributed by atoms with E-state index in [0.717, 1.165) is 0 Å². The van der Waals surface area contributed by atoms with Crippen molar-refractivity contribution in [1.29, 1.82) is 5.26 Å². The summed E-state index contributed by atoms with van der Waals surface area (Å²) in [6.07, 6.45) is -3.12. The molecule has 2 unspecified atom stereocenters. The van der Waals surface area contributed by atoms with Crippen LogP contribution in [0.15, 0.2) is 18.2 Å². The summed E-state index contributed by atoms with van der Waals surface area (Å²) >= 11 is 1.83. The molecule has 1 aromatic rings. The Morgan fingerprint density at radius 1 is 1.43 bits per heavy atom. The van der Waals surface area contributed by atoms with Crippen LogP contribution in [0.2, 0.25) is 0 Å². The number of rotatable bonds is 2. The maximum atomic E-state index is 13.2. The molecule has 1 aromatic carbocycles. The Labute approximate surface area is 93.9 Å². The second-order valence-electron chi connectivity index (χ2n) is 2.65. The van der Waals surface area contributed by atoms with Gasteiger partial charge in [0, 0.05) is 9.13 Å². The molecule has 0 amide bonds. The van der Waals surface area contributed by atoms with Crippen LogP contribution in [-0.4, -0.2) is 16.3 Å². The third-order valence-electron chi connectivity index (χ3n) is 1.73. The lowest BCUT2D eigenvalue weighted by molar-refractivity contribution is 0.0497. The topological polar surface area (TPSA) is 64.2 Å². The summed E-state index contributed by atoms with van der Waals surface area (Å²) in [7, 11) is 0. The molecule has 0 fully saturated rings. The molecule has 14 heavy (non-hydrogen) atoms. The Kier molecular flexibility index (Phi) is 3.80. The molecular formula is C9H7FINO2. The van der Waals surface area contributed by atoms with Crippen LogP contribution in [0, 0.1) is 20.7 Å². The van der Waals surface area contributed by atoms with Gasteiger partial charge in [0.1, 0.15) is 11.9 Å². The molecule has 0 spiro atoms. The zero-order valence-corrected chi connectivity index (χ0v) is 9.14. The van der Waals surface area contributed by atoms with Crippen LogP contribution in [0.1, 0.15) is 11.7 Å². The van der Waals surface area contributed by atoms with Gasteiger partial charge >= 0.3 is 0 Å². The maximum Gasteiger partial charge on any atom is 0.170 e. The summed E-state index contributed by atoms with van der Waals surface area (Å²) in [5.41, 5.74) is -0.0397. The third kappa shape index (κ3) is 2.20. The monoisotopic (exact) mass is 307 g/mol. The van der Waals surface area contributed by atoms with Gasteiger partial charge in [-0.25, -0.2) is 4.39 Å². The highest BCUT2D eigenvalue weighted by Gasteiger charge is 2.23. The van der Waals surface area contributed by atoms with Gasteiger partial charge in [-0.3, -0.25) is 0 Å². The van der Waals surface area contributed by atoms with Gasteiger partial charge < -0.3 is 10.2 Å². The third-order valence-corrected chi connectivity index (χ3v) is 2.67. The molecule has 0 aliphatic heterocycles. The van der Waals surface area contributed by atoms with E-state index in [1.54, 1.807) is 6.07 Å². The van der Waals surface area contributed by atoms with Gasteiger partial charge in [-0.1, -0.05) is 6.07 Å². The molecule has 0 aliphatic rings. The predicted octanol–water partition coefficient (Wildman–Crippen LogP) is 1.35. The number of aliphatic hydroxyl groups is 2. The van der Waals surface area contributed by atoms with E-state index in [4.69, 9.17) is 10.4 Å². The lowest BCUT2D eigenvalue weighted by atomic mass is 10.0. The van der Waals surface area contributed by atoms with Crippen LogP contribution < -0.4 is 0 Å². The summed E-state index contributed by atoms with van der Waals surface area (Å²) in [4.78, 5) is 0. The number of nitriles is 1. The largest absolute Gasteiger partial charge is 0.384 e. The van der Waals surface area contributed by atoms with Crippen LogP contribution >= 0.6 is 22.6 Å². The van der Waals surface area contributed by atoms with Crippen LogP contribution in [0.3, 0.4) is 0 Å². The van der Waals surface area contributed by atoms with E-state index in [1.165, 1.54) is 18.2 Å². The first kappa shape index (κ1) is 11.4. The summed E-state index contributed by atoms with van der Waals surface area (Å²) < 4.78 is 13.7. The second kappa shape index (κ2) is 4.68. The van der Waals surface area contributed by atoms with E-state index in [2.05, 4.69) is 0 Å². The molecule has 2 N–H and O–H groups in total. The van der Waals surface area contributed by atoms with Crippen molar-refractivity contribution in [1.82, 2.24) is 0 Å². The Bertz CT molecular complexity index is 357. The smallest absolute Gasteiger partial charge is 0.170 e. The molecule has 0 heterocycles. The first-order valence-electron chi connectivity index (χ1n) is 3.77. The number of aliphatic hydroxyl groups excluding tert-OH is 2. The van der Waals surface area contributed by atoms with Crippen molar-refractivity contribution in [2.45, 2.75) is 12.2 Å². The van der Waals surface area contributed by atoms with E-state index in [0.29, 0.717) is 3.57 Å². The van der Waals surface area contributed by atoms with Crippen molar-refractivity contribution in [2.24, 2.45) is 0 Å². The van der Waals surface area contributed by atoms with E-state index >= 15 is 0 Å². The minimum absolute atomic E-state index is 0.0397. The lowest BCUT2D eigenvalue weighted by Gasteiger charge is -2.14. The van der Waals surface area contributed by atoms with Gasteiger partial charge in [-0.05, 0) is 34.7 Å². The van der Waals surface area contributed by atoms with E-state index in [9.17, 15) is 9.50 Å². The van der Waals surface area contributed by atoms with Gasteiger partial charge in [0.15, 0.2) is 6.10 Å². The number of hydrogen-bond donors (Lipinski definition) is 2. The Hall–Kier alpha value is -0.710. The zero-order chi connectivity index (χ0) is 10.7. The van der Waals surface area contributed by atoms with Gasteiger partial charge in [-0.2, -0.15) is 5.26 Å². The average Bonchev–Trinajstić information content (AvgIpc) is 2.16. The SMILES string of the molecule is N#CC(O)C(O)c1c(F)cccc1I. The fourth-order valence-corrected chi connectivity index (χ4v) is 1.81. The molecule has 0 saturated carbocycles. The van der Waals surface area contributed by atoms with Crippen molar-refractivity contribution in [3.05, 3.63) is 33.1 Å². The molecule has 5 heteroatoms. The first-order valence-corrected chi connectivity index (χ1v) is 4.85. The van der Waals surface area contributed by atoms with Gasteiger partial charge in [0.2, 0.25) is 0 Å². The van der Waals surface area contributed by atoms with Crippen LogP contribution in [-0.2, 0) is 0 Å². The predicted molar refractivity (Wildman–Crippen MR) is 55.7 cm³/mol. The highest BCUT2D eigenvalue weighted by molar-refractivity contribution is 14.1. The number of hydrogen-bond acceptors (Lipinski definition) is 3.